The number of allylic oxidation sites excluding steroid dienone is 1. The van der Waals surface area contributed by atoms with Gasteiger partial charge in [0.1, 0.15) is 23.9 Å². The Kier molecular flexibility index (Phi) is 4.08. The molecule has 0 amide bonds. The van der Waals surface area contributed by atoms with Gasteiger partial charge in [0, 0.05) is 5.70 Å². The molecule has 3 aromatic rings. The largest absolute Gasteiger partial charge is 0.435 e. The average Bonchev–Trinajstić information content (AvgIpc) is 3.10. The molecule has 0 bridgehead atoms. The summed E-state index contributed by atoms with van der Waals surface area (Å²) in [6.45, 7) is -2.87. The predicted molar refractivity (Wildman–Crippen MR) is 89.2 cm³/mol. The average molecular weight is 358 g/mol. The monoisotopic (exact) mass is 358 g/mol. The number of aromatic nitrogens is 3. The number of alkyl halides is 2. The lowest BCUT2D eigenvalue weighted by Crippen LogP contribution is -2.20. The second kappa shape index (κ2) is 6.55. The van der Waals surface area contributed by atoms with E-state index in [1.54, 1.807) is 28.9 Å². The summed E-state index contributed by atoms with van der Waals surface area (Å²) >= 11 is 0. The molecule has 0 fully saturated rings. The number of halogens is 3. The van der Waals surface area contributed by atoms with Crippen LogP contribution >= 0.6 is 0 Å². The molecule has 1 aliphatic rings. The van der Waals surface area contributed by atoms with Crippen LogP contribution in [0.25, 0.3) is 5.70 Å². The standard InChI is InChI=1S/C18H13F3N4O/c19-13-5-1-12(2-6-13)16-9-15(24-18-22-10-23-25(16)18)11-3-7-14(8-4-11)26-17(20)21/h1-10,16-17H,(H,22,23,24). The smallest absolute Gasteiger partial charge is 0.387 e. The predicted octanol–water partition coefficient (Wildman–Crippen LogP) is 4.07. The van der Waals surface area contributed by atoms with Crippen LogP contribution in [0.3, 0.4) is 0 Å². The van der Waals surface area contributed by atoms with Gasteiger partial charge in [-0.3, -0.25) is 0 Å². The second-order valence-electron chi connectivity index (χ2n) is 5.63. The van der Waals surface area contributed by atoms with Gasteiger partial charge in [-0.05, 0) is 53.6 Å². The molecule has 1 unspecified atom stereocenters. The van der Waals surface area contributed by atoms with E-state index in [9.17, 15) is 13.2 Å². The second-order valence-corrected chi connectivity index (χ2v) is 5.63. The summed E-state index contributed by atoms with van der Waals surface area (Å²) in [6.07, 6.45) is 3.34. The summed E-state index contributed by atoms with van der Waals surface area (Å²) < 4.78 is 43.8. The molecular formula is C18H13F3N4O. The Bertz CT molecular complexity index is 936. The SMILES string of the molecule is Fc1ccc(C2C=C(c3ccc(OC(F)F)cc3)Nc3ncnn32)cc1. The minimum Gasteiger partial charge on any atom is -0.435 e. The zero-order valence-electron chi connectivity index (χ0n) is 13.3. The highest BCUT2D eigenvalue weighted by Crippen LogP contribution is 2.32. The van der Waals surface area contributed by atoms with E-state index < -0.39 is 6.61 Å². The highest BCUT2D eigenvalue weighted by Gasteiger charge is 2.23. The van der Waals surface area contributed by atoms with E-state index in [4.69, 9.17) is 0 Å². The topological polar surface area (TPSA) is 52.0 Å². The fourth-order valence-electron chi connectivity index (χ4n) is 2.82. The van der Waals surface area contributed by atoms with Gasteiger partial charge in [0.05, 0.1) is 0 Å². The molecule has 2 heterocycles. The maximum atomic E-state index is 13.2. The Hall–Kier alpha value is -3.29. The van der Waals surface area contributed by atoms with Crippen molar-refractivity contribution in [3.63, 3.8) is 0 Å². The van der Waals surface area contributed by atoms with E-state index in [0.29, 0.717) is 5.95 Å². The van der Waals surface area contributed by atoms with Crippen molar-refractivity contribution in [2.75, 3.05) is 5.32 Å². The third kappa shape index (κ3) is 3.13. The van der Waals surface area contributed by atoms with E-state index in [2.05, 4.69) is 20.1 Å². The van der Waals surface area contributed by atoms with Gasteiger partial charge in [0.25, 0.3) is 0 Å². The third-order valence-corrected chi connectivity index (χ3v) is 4.01. The first-order chi connectivity index (χ1) is 12.6. The Balaban J connectivity index is 1.69. The number of hydrogen-bond acceptors (Lipinski definition) is 4. The molecule has 0 spiro atoms. The number of ether oxygens (including phenoxy) is 1. The molecule has 1 N–H and O–H groups in total. The quantitative estimate of drug-likeness (QED) is 0.764. The molecule has 8 heteroatoms. The maximum absolute atomic E-state index is 13.2. The van der Waals surface area contributed by atoms with Gasteiger partial charge in [-0.1, -0.05) is 12.1 Å². The van der Waals surface area contributed by atoms with E-state index in [1.165, 1.54) is 30.6 Å². The molecule has 5 nitrogen and oxygen atoms in total. The Labute approximate surface area is 146 Å². The van der Waals surface area contributed by atoms with Crippen molar-refractivity contribution in [3.8, 4) is 5.75 Å². The van der Waals surface area contributed by atoms with Crippen LogP contribution in [0.2, 0.25) is 0 Å². The van der Waals surface area contributed by atoms with Gasteiger partial charge in [0.15, 0.2) is 0 Å². The lowest BCUT2D eigenvalue weighted by atomic mass is 10.0. The minimum atomic E-state index is -2.87. The first-order valence-electron chi connectivity index (χ1n) is 7.79. The van der Waals surface area contributed by atoms with Crippen LogP contribution in [0.15, 0.2) is 60.9 Å². The molecule has 4 rings (SSSR count). The summed E-state index contributed by atoms with van der Waals surface area (Å²) in [5.74, 6) is 0.295. The molecule has 26 heavy (non-hydrogen) atoms. The van der Waals surface area contributed by atoms with Crippen molar-refractivity contribution in [1.29, 1.82) is 0 Å². The molecule has 0 saturated heterocycles. The van der Waals surface area contributed by atoms with Crippen LogP contribution < -0.4 is 10.1 Å². The summed E-state index contributed by atoms with van der Waals surface area (Å²) in [4.78, 5) is 4.18. The lowest BCUT2D eigenvalue weighted by Gasteiger charge is -2.24. The molecule has 0 aliphatic carbocycles. The van der Waals surface area contributed by atoms with Crippen LogP contribution in [0.4, 0.5) is 19.1 Å². The van der Waals surface area contributed by atoms with Crippen molar-refractivity contribution in [1.82, 2.24) is 14.8 Å². The Morgan fingerprint density at radius 2 is 1.77 bits per heavy atom. The van der Waals surface area contributed by atoms with Crippen LogP contribution in [-0.2, 0) is 0 Å². The van der Waals surface area contributed by atoms with Gasteiger partial charge < -0.3 is 10.1 Å². The van der Waals surface area contributed by atoms with Crippen molar-refractivity contribution < 1.29 is 17.9 Å². The molecule has 1 atom stereocenters. The van der Waals surface area contributed by atoms with Gasteiger partial charge in [-0.25, -0.2) is 9.07 Å². The van der Waals surface area contributed by atoms with Gasteiger partial charge >= 0.3 is 6.61 Å². The lowest BCUT2D eigenvalue weighted by molar-refractivity contribution is -0.0498. The number of hydrogen-bond donors (Lipinski definition) is 1. The van der Waals surface area contributed by atoms with Gasteiger partial charge in [-0.15, -0.1) is 0 Å². The molecule has 1 aromatic heterocycles. The molecule has 132 valence electrons. The van der Waals surface area contributed by atoms with Crippen LogP contribution in [-0.4, -0.2) is 21.4 Å². The van der Waals surface area contributed by atoms with E-state index in [-0.39, 0.29) is 17.6 Å². The number of nitrogens with zero attached hydrogens (tertiary/aromatic N) is 3. The molecule has 0 radical (unpaired) electrons. The molecule has 2 aromatic carbocycles. The normalized spacial score (nSPS) is 16.0. The van der Waals surface area contributed by atoms with Gasteiger partial charge in [-0.2, -0.15) is 18.9 Å². The number of benzene rings is 2. The van der Waals surface area contributed by atoms with Crippen LogP contribution in [0, 0.1) is 5.82 Å². The zero-order valence-corrected chi connectivity index (χ0v) is 13.3. The summed E-state index contributed by atoms with van der Waals surface area (Å²) in [5, 5.41) is 7.37. The number of fused-ring (bicyclic) bond motifs is 1. The molecule has 1 aliphatic heterocycles. The van der Waals surface area contributed by atoms with E-state index in [1.807, 2.05) is 6.08 Å². The Morgan fingerprint density at radius 3 is 2.46 bits per heavy atom. The van der Waals surface area contributed by atoms with Crippen molar-refractivity contribution in [2.45, 2.75) is 12.7 Å². The summed E-state index contributed by atoms with van der Waals surface area (Å²) in [7, 11) is 0. The fraction of sp³-hybridized carbons (Fsp3) is 0.111. The maximum Gasteiger partial charge on any atom is 0.387 e. The highest BCUT2D eigenvalue weighted by atomic mass is 19.3. The fourth-order valence-corrected chi connectivity index (χ4v) is 2.82. The van der Waals surface area contributed by atoms with Gasteiger partial charge in [0.2, 0.25) is 5.95 Å². The summed E-state index contributed by atoms with van der Waals surface area (Å²) in [6, 6.07) is 12.1. The van der Waals surface area contributed by atoms with E-state index in [0.717, 1.165) is 16.8 Å². The zero-order chi connectivity index (χ0) is 18.1. The summed E-state index contributed by atoms with van der Waals surface area (Å²) in [5.41, 5.74) is 2.35. The number of anilines is 1. The van der Waals surface area contributed by atoms with E-state index >= 15 is 0 Å². The first kappa shape index (κ1) is 16.2. The van der Waals surface area contributed by atoms with Crippen LogP contribution in [0.1, 0.15) is 17.2 Å². The number of rotatable bonds is 4. The number of nitrogens with one attached hydrogen (secondary N) is 1. The van der Waals surface area contributed by atoms with Crippen molar-refractivity contribution in [2.24, 2.45) is 0 Å². The van der Waals surface area contributed by atoms with Crippen molar-refractivity contribution >= 4 is 11.6 Å². The highest BCUT2D eigenvalue weighted by molar-refractivity contribution is 5.77. The van der Waals surface area contributed by atoms with Crippen molar-refractivity contribution in [3.05, 3.63) is 77.9 Å². The molecular weight excluding hydrogens is 345 g/mol. The molecule has 0 saturated carbocycles. The Morgan fingerprint density at radius 1 is 1.04 bits per heavy atom. The minimum absolute atomic E-state index is 0.0819. The third-order valence-electron chi connectivity index (χ3n) is 4.01. The van der Waals surface area contributed by atoms with Crippen LogP contribution in [0.5, 0.6) is 5.75 Å². The first-order valence-corrected chi connectivity index (χ1v) is 7.79.